The largest absolute Gasteiger partial charge is 0.379 e. The smallest absolute Gasteiger partial charge is 0.227 e. The first-order valence-corrected chi connectivity index (χ1v) is 9.03. The van der Waals surface area contributed by atoms with Gasteiger partial charge in [-0.25, -0.2) is 4.98 Å². The maximum Gasteiger partial charge on any atom is 0.227 e. The third-order valence-electron chi connectivity index (χ3n) is 3.90. The zero-order valence-electron chi connectivity index (χ0n) is 15.6. The number of anilines is 1. The van der Waals surface area contributed by atoms with Crippen molar-refractivity contribution in [2.24, 2.45) is 4.99 Å². The lowest BCUT2D eigenvalue weighted by molar-refractivity contribution is -0.116. The number of carbonyl (C=O) groups excluding carboxylic acids is 1. The van der Waals surface area contributed by atoms with Gasteiger partial charge in [0.25, 0.3) is 0 Å². The molecular formula is C18H29N5O3. The van der Waals surface area contributed by atoms with Crippen molar-refractivity contribution in [1.82, 2.24) is 15.6 Å². The molecule has 1 aromatic heterocycles. The third kappa shape index (κ3) is 7.79. The maximum absolute atomic E-state index is 11.9. The first-order valence-electron chi connectivity index (χ1n) is 9.03. The Bertz CT molecular complexity index is 571. The van der Waals surface area contributed by atoms with E-state index in [4.69, 9.17) is 9.47 Å². The molecule has 0 aromatic carbocycles. The van der Waals surface area contributed by atoms with Gasteiger partial charge in [-0.05, 0) is 31.4 Å². The van der Waals surface area contributed by atoms with Crippen molar-refractivity contribution >= 4 is 17.7 Å². The van der Waals surface area contributed by atoms with E-state index >= 15 is 0 Å². The van der Waals surface area contributed by atoms with E-state index in [0.717, 1.165) is 31.6 Å². The normalized spacial score (nSPS) is 17.2. The van der Waals surface area contributed by atoms with Gasteiger partial charge in [0.2, 0.25) is 5.91 Å². The van der Waals surface area contributed by atoms with Crippen LogP contribution in [0.1, 0.15) is 24.8 Å². The topological polar surface area (TPSA) is 96.9 Å². The molecule has 1 saturated heterocycles. The first-order chi connectivity index (χ1) is 12.7. The standard InChI is InChI=1S/C18H29N5O3/c1-14-4-5-16(22-12-14)23-17(24)6-9-21-18(19-2)20-8-3-10-26-15-7-11-25-13-15/h4-5,12,15H,3,6-11,13H2,1-2H3,(H2,19,20,21)(H,22,23,24). The molecule has 2 rings (SSSR count). The molecule has 144 valence electrons. The van der Waals surface area contributed by atoms with E-state index in [1.165, 1.54) is 0 Å². The van der Waals surface area contributed by atoms with Gasteiger partial charge in [0, 0.05) is 46.0 Å². The molecule has 0 aliphatic carbocycles. The number of amides is 1. The highest BCUT2D eigenvalue weighted by atomic mass is 16.5. The Hall–Kier alpha value is -2.19. The van der Waals surface area contributed by atoms with Gasteiger partial charge in [0.15, 0.2) is 5.96 Å². The fourth-order valence-electron chi connectivity index (χ4n) is 2.44. The number of aryl methyl sites for hydroxylation is 1. The van der Waals surface area contributed by atoms with Crippen molar-refractivity contribution in [2.45, 2.75) is 32.3 Å². The minimum Gasteiger partial charge on any atom is -0.379 e. The van der Waals surface area contributed by atoms with E-state index in [2.05, 4.69) is 25.9 Å². The van der Waals surface area contributed by atoms with E-state index < -0.39 is 0 Å². The molecule has 8 heteroatoms. The van der Waals surface area contributed by atoms with Crippen molar-refractivity contribution < 1.29 is 14.3 Å². The zero-order chi connectivity index (χ0) is 18.6. The van der Waals surface area contributed by atoms with Crippen LogP contribution in [-0.2, 0) is 14.3 Å². The number of pyridine rings is 1. The van der Waals surface area contributed by atoms with Gasteiger partial charge < -0.3 is 25.4 Å². The number of carbonyl (C=O) groups is 1. The number of aromatic nitrogens is 1. The summed E-state index contributed by atoms with van der Waals surface area (Å²) in [5.41, 5.74) is 1.06. The van der Waals surface area contributed by atoms with Gasteiger partial charge >= 0.3 is 0 Å². The summed E-state index contributed by atoms with van der Waals surface area (Å²) in [7, 11) is 1.71. The van der Waals surface area contributed by atoms with E-state index in [9.17, 15) is 4.79 Å². The molecular weight excluding hydrogens is 334 g/mol. The van der Waals surface area contributed by atoms with Gasteiger partial charge in [-0.2, -0.15) is 0 Å². The Labute approximate surface area is 154 Å². The zero-order valence-corrected chi connectivity index (χ0v) is 15.6. The molecule has 1 aliphatic heterocycles. The summed E-state index contributed by atoms with van der Waals surface area (Å²) >= 11 is 0. The van der Waals surface area contributed by atoms with Crippen LogP contribution in [-0.4, -0.2) is 62.9 Å². The van der Waals surface area contributed by atoms with Crippen LogP contribution in [0.5, 0.6) is 0 Å². The Morgan fingerprint density at radius 3 is 2.92 bits per heavy atom. The number of hydrogen-bond donors (Lipinski definition) is 3. The molecule has 0 saturated carbocycles. The van der Waals surface area contributed by atoms with E-state index in [0.29, 0.717) is 38.0 Å². The lowest BCUT2D eigenvalue weighted by atomic mass is 10.3. The summed E-state index contributed by atoms with van der Waals surface area (Å²) in [4.78, 5) is 20.2. The second-order valence-corrected chi connectivity index (χ2v) is 6.15. The highest BCUT2D eigenvalue weighted by Gasteiger charge is 2.15. The second kappa shape index (κ2) is 11.4. The Morgan fingerprint density at radius 1 is 1.38 bits per heavy atom. The maximum atomic E-state index is 11.9. The van der Waals surface area contributed by atoms with Crippen molar-refractivity contribution in [3.8, 4) is 0 Å². The highest BCUT2D eigenvalue weighted by Crippen LogP contribution is 2.07. The molecule has 1 amide bonds. The van der Waals surface area contributed by atoms with Gasteiger partial charge in [0.1, 0.15) is 5.82 Å². The molecule has 1 atom stereocenters. The molecule has 1 aromatic rings. The molecule has 3 N–H and O–H groups in total. The summed E-state index contributed by atoms with van der Waals surface area (Å²) in [5, 5.41) is 9.10. The van der Waals surface area contributed by atoms with Crippen LogP contribution in [0.25, 0.3) is 0 Å². The predicted octanol–water partition coefficient (Wildman–Crippen LogP) is 1.08. The summed E-state index contributed by atoms with van der Waals surface area (Å²) in [5.74, 6) is 1.16. The van der Waals surface area contributed by atoms with Gasteiger partial charge in [-0.1, -0.05) is 6.07 Å². The highest BCUT2D eigenvalue weighted by molar-refractivity contribution is 5.90. The van der Waals surface area contributed by atoms with Crippen LogP contribution in [0.15, 0.2) is 23.3 Å². The number of nitrogens with one attached hydrogen (secondary N) is 3. The fraction of sp³-hybridized carbons (Fsp3) is 0.611. The molecule has 1 aliphatic rings. The average molecular weight is 363 g/mol. The Balaban J connectivity index is 1.53. The first kappa shape index (κ1) is 20.1. The number of aliphatic imine (C=N–C) groups is 1. The minimum atomic E-state index is -0.0866. The van der Waals surface area contributed by atoms with Gasteiger partial charge in [-0.3, -0.25) is 9.79 Å². The van der Waals surface area contributed by atoms with E-state index in [-0.39, 0.29) is 12.0 Å². The average Bonchev–Trinajstić information content (AvgIpc) is 3.15. The van der Waals surface area contributed by atoms with Crippen LogP contribution in [0.4, 0.5) is 5.82 Å². The summed E-state index contributed by atoms with van der Waals surface area (Å²) in [6.45, 7) is 5.41. The quantitative estimate of drug-likeness (QED) is 0.345. The molecule has 8 nitrogen and oxygen atoms in total. The molecule has 1 fully saturated rings. The molecule has 0 spiro atoms. The number of rotatable bonds is 9. The Morgan fingerprint density at radius 2 is 2.23 bits per heavy atom. The number of hydrogen-bond acceptors (Lipinski definition) is 5. The summed E-state index contributed by atoms with van der Waals surface area (Å²) in [6, 6.07) is 3.71. The predicted molar refractivity (Wildman–Crippen MR) is 101 cm³/mol. The van der Waals surface area contributed by atoms with Crippen molar-refractivity contribution in [2.75, 3.05) is 45.3 Å². The monoisotopic (exact) mass is 363 g/mol. The van der Waals surface area contributed by atoms with Gasteiger partial charge in [0.05, 0.1) is 12.7 Å². The Kier molecular flexibility index (Phi) is 8.85. The fourth-order valence-corrected chi connectivity index (χ4v) is 2.44. The molecule has 0 bridgehead atoms. The molecule has 0 radical (unpaired) electrons. The lowest BCUT2D eigenvalue weighted by Crippen LogP contribution is -2.39. The van der Waals surface area contributed by atoms with Gasteiger partial charge in [-0.15, -0.1) is 0 Å². The second-order valence-electron chi connectivity index (χ2n) is 6.15. The van der Waals surface area contributed by atoms with Crippen LogP contribution >= 0.6 is 0 Å². The minimum absolute atomic E-state index is 0.0866. The van der Waals surface area contributed by atoms with Crippen molar-refractivity contribution in [3.63, 3.8) is 0 Å². The van der Waals surface area contributed by atoms with Crippen LogP contribution in [0.2, 0.25) is 0 Å². The van der Waals surface area contributed by atoms with Crippen LogP contribution in [0.3, 0.4) is 0 Å². The molecule has 1 unspecified atom stereocenters. The van der Waals surface area contributed by atoms with Crippen molar-refractivity contribution in [3.05, 3.63) is 23.9 Å². The number of nitrogens with zero attached hydrogens (tertiary/aromatic N) is 2. The SMILES string of the molecule is CN=C(NCCCOC1CCOC1)NCCC(=O)Nc1ccc(C)cn1. The molecule has 26 heavy (non-hydrogen) atoms. The van der Waals surface area contributed by atoms with E-state index in [1.54, 1.807) is 19.3 Å². The number of guanidine groups is 1. The molecule has 2 heterocycles. The van der Waals surface area contributed by atoms with Crippen LogP contribution in [0, 0.1) is 6.92 Å². The van der Waals surface area contributed by atoms with Crippen LogP contribution < -0.4 is 16.0 Å². The number of ether oxygens (including phenoxy) is 2. The summed E-state index contributed by atoms with van der Waals surface area (Å²) in [6.07, 6.45) is 4.17. The van der Waals surface area contributed by atoms with Crippen molar-refractivity contribution in [1.29, 1.82) is 0 Å². The van der Waals surface area contributed by atoms with E-state index in [1.807, 2.05) is 13.0 Å². The lowest BCUT2D eigenvalue weighted by Gasteiger charge is -2.13. The third-order valence-corrected chi connectivity index (χ3v) is 3.90. The summed E-state index contributed by atoms with van der Waals surface area (Å²) < 4.78 is 11.0.